The van der Waals surface area contributed by atoms with E-state index in [2.05, 4.69) is 5.32 Å². The lowest BCUT2D eigenvalue weighted by Gasteiger charge is -2.10. The maximum atomic E-state index is 12.5. The molecule has 1 aromatic heterocycles. The fourth-order valence-corrected chi connectivity index (χ4v) is 4.26. The van der Waals surface area contributed by atoms with Crippen LogP contribution in [-0.2, 0) is 11.2 Å². The van der Waals surface area contributed by atoms with Crippen LogP contribution in [0.2, 0.25) is 0 Å². The zero-order valence-electron chi connectivity index (χ0n) is 16.2. The minimum Gasteiger partial charge on any atom is -0.478 e. The molecule has 3 aromatic rings. The first-order valence-electron chi connectivity index (χ1n) is 9.13. The summed E-state index contributed by atoms with van der Waals surface area (Å²) in [7, 11) is 0. The third-order valence-corrected chi connectivity index (χ3v) is 5.76. The molecule has 0 unspecified atom stereocenters. The Hall–Kier alpha value is -2.92. The molecule has 5 heteroatoms. The van der Waals surface area contributed by atoms with E-state index in [1.165, 1.54) is 16.9 Å². The number of nitrogens with one attached hydrogen (secondary N) is 1. The Kier molecular flexibility index (Phi) is 5.95. The minimum absolute atomic E-state index is 0.147. The molecule has 0 fully saturated rings. The Morgan fingerprint density at radius 1 is 1.00 bits per heavy atom. The van der Waals surface area contributed by atoms with Gasteiger partial charge in [-0.3, -0.25) is 4.79 Å². The number of aryl methyl sites for hydroxylation is 3. The molecule has 0 saturated heterocycles. The van der Waals surface area contributed by atoms with Gasteiger partial charge in [-0.2, -0.15) is 0 Å². The number of carboxylic acid groups (broad SMARTS) is 1. The number of aromatic carboxylic acids is 1. The molecule has 144 valence electrons. The van der Waals surface area contributed by atoms with Crippen LogP contribution >= 0.6 is 11.3 Å². The second-order valence-electron chi connectivity index (χ2n) is 6.94. The van der Waals surface area contributed by atoms with Crippen molar-refractivity contribution in [2.75, 3.05) is 5.32 Å². The Balaban J connectivity index is 1.77. The van der Waals surface area contributed by atoms with Gasteiger partial charge >= 0.3 is 5.97 Å². The first-order valence-corrected chi connectivity index (χ1v) is 10.0. The molecule has 4 nitrogen and oxygen atoms in total. The molecule has 2 N–H and O–H groups in total. The predicted octanol–water partition coefficient (Wildman–Crippen LogP) is 5.61. The largest absolute Gasteiger partial charge is 0.478 e. The molecule has 0 bridgehead atoms. The Labute approximate surface area is 168 Å². The van der Waals surface area contributed by atoms with Crippen molar-refractivity contribution in [3.8, 4) is 11.1 Å². The van der Waals surface area contributed by atoms with Crippen LogP contribution in [0.25, 0.3) is 11.1 Å². The smallest absolute Gasteiger partial charge is 0.339 e. The highest BCUT2D eigenvalue weighted by atomic mass is 32.1. The van der Waals surface area contributed by atoms with Crippen molar-refractivity contribution >= 4 is 28.2 Å². The highest BCUT2D eigenvalue weighted by Crippen LogP contribution is 2.36. The molecule has 1 heterocycles. The van der Waals surface area contributed by atoms with Crippen molar-refractivity contribution in [1.82, 2.24) is 0 Å². The van der Waals surface area contributed by atoms with Crippen LogP contribution in [-0.4, -0.2) is 17.0 Å². The number of carbonyl (C=O) groups excluding carboxylic acids is 1. The molecule has 28 heavy (non-hydrogen) atoms. The van der Waals surface area contributed by atoms with Crippen molar-refractivity contribution in [1.29, 1.82) is 0 Å². The summed E-state index contributed by atoms with van der Waals surface area (Å²) < 4.78 is 0. The maximum Gasteiger partial charge on any atom is 0.339 e. The average molecular weight is 394 g/mol. The number of carboxylic acids is 1. The molecule has 0 aliphatic rings. The topological polar surface area (TPSA) is 66.4 Å². The van der Waals surface area contributed by atoms with Crippen LogP contribution in [0, 0.1) is 20.8 Å². The molecule has 0 spiro atoms. The monoisotopic (exact) mass is 393 g/mol. The molecular formula is C23H23NO3S. The lowest BCUT2D eigenvalue weighted by atomic mass is 9.98. The van der Waals surface area contributed by atoms with Crippen LogP contribution in [0.5, 0.6) is 0 Å². The number of amides is 1. The molecule has 0 radical (unpaired) electrons. The fraction of sp³-hybridized carbons (Fsp3) is 0.217. The van der Waals surface area contributed by atoms with Crippen molar-refractivity contribution in [3.63, 3.8) is 0 Å². The van der Waals surface area contributed by atoms with Crippen LogP contribution in [0.3, 0.4) is 0 Å². The van der Waals surface area contributed by atoms with Crippen LogP contribution < -0.4 is 5.32 Å². The number of hydrogen-bond donors (Lipinski definition) is 2. The van der Waals surface area contributed by atoms with Gasteiger partial charge in [-0.05, 0) is 49.4 Å². The quantitative estimate of drug-likeness (QED) is 0.572. The number of hydrogen-bond acceptors (Lipinski definition) is 3. The van der Waals surface area contributed by atoms with Crippen LogP contribution in [0.4, 0.5) is 5.00 Å². The van der Waals surface area contributed by atoms with Gasteiger partial charge in [0, 0.05) is 17.4 Å². The molecule has 0 aliphatic heterocycles. The number of anilines is 1. The first kappa shape index (κ1) is 19.8. The third kappa shape index (κ3) is 4.31. The molecule has 2 aromatic carbocycles. The SMILES string of the molecule is Cc1ccc(-c2csc(NC(=O)CCc3c(C)cccc3C)c2C(=O)O)cc1. The van der Waals surface area contributed by atoms with Gasteiger partial charge in [0.2, 0.25) is 5.91 Å². The van der Waals surface area contributed by atoms with E-state index in [1.54, 1.807) is 5.38 Å². The maximum absolute atomic E-state index is 12.5. The Morgan fingerprint density at radius 3 is 2.25 bits per heavy atom. The number of thiophene rings is 1. The predicted molar refractivity (Wildman–Crippen MR) is 114 cm³/mol. The van der Waals surface area contributed by atoms with Crippen LogP contribution in [0.1, 0.15) is 39.0 Å². The Morgan fingerprint density at radius 2 is 1.64 bits per heavy atom. The highest BCUT2D eigenvalue weighted by molar-refractivity contribution is 7.15. The van der Waals surface area contributed by atoms with Crippen molar-refractivity contribution in [3.05, 3.63) is 75.7 Å². The highest BCUT2D eigenvalue weighted by Gasteiger charge is 2.21. The van der Waals surface area contributed by atoms with E-state index in [-0.39, 0.29) is 11.5 Å². The summed E-state index contributed by atoms with van der Waals surface area (Å²) >= 11 is 1.25. The van der Waals surface area contributed by atoms with Gasteiger partial charge in [0.25, 0.3) is 0 Å². The number of rotatable bonds is 6. The van der Waals surface area contributed by atoms with Crippen LogP contribution in [0.15, 0.2) is 47.8 Å². The van der Waals surface area contributed by atoms with Gasteiger partial charge in [-0.1, -0.05) is 48.0 Å². The summed E-state index contributed by atoms with van der Waals surface area (Å²) in [5.74, 6) is -1.22. The van der Waals surface area contributed by atoms with E-state index < -0.39 is 5.97 Å². The lowest BCUT2D eigenvalue weighted by molar-refractivity contribution is -0.116. The van der Waals surface area contributed by atoms with E-state index in [9.17, 15) is 14.7 Å². The summed E-state index contributed by atoms with van der Waals surface area (Å²) in [4.78, 5) is 24.3. The molecule has 3 rings (SSSR count). The van der Waals surface area contributed by atoms with Gasteiger partial charge in [0.05, 0.1) is 0 Å². The van der Waals surface area contributed by atoms with Crippen molar-refractivity contribution < 1.29 is 14.7 Å². The second kappa shape index (κ2) is 8.40. The zero-order valence-corrected chi connectivity index (χ0v) is 17.0. The molecule has 0 saturated carbocycles. The van der Waals surface area contributed by atoms with E-state index in [4.69, 9.17) is 0 Å². The van der Waals surface area contributed by atoms with Crippen molar-refractivity contribution in [2.45, 2.75) is 33.6 Å². The minimum atomic E-state index is -1.04. The summed E-state index contributed by atoms with van der Waals surface area (Å²) in [6, 6.07) is 13.8. The van der Waals surface area contributed by atoms with E-state index in [0.717, 1.165) is 22.3 Å². The number of benzene rings is 2. The lowest BCUT2D eigenvalue weighted by Crippen LogP contribution is -2.14. The van der Waals surface area contributed by atoms with E-state index in [0.29, 0.717) is 23.4 Å². The van der Waals surface area contributed by atoms with Crippen molar-refractivity contribution in [2.24, 2.45) is 0 Å². The normalized spacial score (nSPS) is 10.7. The molecular weight excluding hydrogens is 370 g/mol. The molecule has 1 amide bonds. The fourth-order valence-electron chi connectivity index (χ4n) is 3.28. The van der Waals surface area contributed by atoms with E-state index >= 15 is 0 Å². The van der Waals surface area contributed by atoms with E-state index in [1.807, 2.05) is 63.2 Å². The third-order valence-electron chi connectivity index (χ3n) is 4.87. The van der Waals surface area contributed by atoms with Gasteiger partial charge < -0.3 is 10.4 Å². The van der Waals surface area contributed by atoms with Gasteiger partial charge in [-0.15, -0.1) is 11.3 Å². The number of carbonyl (C=O) groups is 2. The zero-order chi connectivity index (χ0) is 20.3. The average Bonchev–Trinajstić information content (AvgIpc) is 3.05. The first-order chi connectivity index (χ1) is 13.4. The summed E-state index contributed by atoms with van der Waals surface area (Å²) in [6.45, 7) is 6.06. The summed E-state index contributed by atoms with van der Waals surface area (Å²) in [6.07, 6.45) is 0.936. The summed E-state index contributed by atoms with van der Waals surface area (Å²) in [5, 5.41) is 14.7. The van der Waals surface area contributed by atoms with Gasteiger partial charge in [0.15, 0.2) is 0 Å². The molecule has 0 atom stereocenters. The van der Waals surface area contributed by atoms with Gasteiger partial charge in [-0.25, -0.2) is 4.79 Å². The molecule has 0 aliphatic carbocycles. The second-order valence-corrected chi connectivity index (χ2v) is 7.82. The standard InChI is InChI=1S/C23H23NO3S/c1-14-7-9-17(10-8-14)19-13-28-22(21(19)23(26)27)24-20(25)12-11-18-15(2)5-4-6-16(18)3/h4-10,13H,11-12H2,1-3H3,(H,24,25)(H,26,27). The van der Waals surface area contributed by atoms with Gasteiger partial charge in [0.1, 0.15) is 10.6 Å². The Bertz CT molecular complexity index is 999. The summed E-state index contributed by atoms with van der Waals surface area (Å²) in [5.41, 5.74) is 6.21.